The number of hydrogen-bond donors (Lipinski definition) is 1. The van der Waals surface area contributed by atoms with E-state index >= 15 is 0 Å². The van der Waals surface area contributed by atoms with Crippen molar-refractivity contribution in [2.24, 2.45) is 0 Å². The zero-order valence-corrected chi connectivity index (χ0v) is 10.7. The average Bonchev–Trinajstić information content (AvgIpc) is 2.41. The maximum atomic E-state index is 12.3. The van der Waals surface area contributed by atoms with E-state index in [0.29, 0.717) is 6.04 Å². The number of benzene rings is 1. The lowest BCUT2D eigenvalue weighted by Crippen LogP contribution is -2.43. The normalized spacial score (nSPS) is 25.8. The third-order valence-electron chi connectivity index (χ3n) is 3.36. The van der Waals surface area contributed by atoms with Gasteiger partial charge in [-0.3, -0.25) is 4.79 Å². The lowest BCUT2D eigenvalue weighted by atomic mass is 10.1. The van der Waals surface area contributed by atoms with Crippen LogP contribution in [-0.4, -0.2) is 24.5 Å². The van der Waals surface area contributed by atoms with E-state index in [1.807, 2.05) is 30.0 Å². The minimum Gasteiger partial charge on any atom is -0.311 e. The summed E-state index contributed by atoms with van der Waals surface area (Å²) < 4.78 is 0. The SMILES string of the molecule is Cc1ccccc1N1CCC(C)NC(C)C1=O. The van der Waals surface area contributed by atoms with Crippen molar-refractivity contribution in [3.63, 3.8) is 0 Å². The molecule has 0 bridgehead atoms. The first kappa shape index (κ1) is 12.1. The molecular weight excluding hydrogens is 212 g/mol. The Morgan fingerprint density at radius 1 is 1.29 bits per heavy atom. The van der Waals surface area contributed by atoms with Crippen LogP contribution in [0.5, 0.6) is 0 Å². The number of rotatable bonds is 1. The molecular formula is C14H20N2O. The van der Waals surface area contributed by atoms with Gasteiger partial charge in [0.1, 0.15) is 0 Å². The van der Waals surface area contributed by atoms with Gasteiger partial charge in [-0.1, -0.05) is 18.2 Å². The van der Waals surface area contributed by atoms with Crippen molar-refractivity contribution < 1.29 is 4.79 Å². The smallest absolute Gasteiger partial charge is 0.243 e. The van der Waals surface area contributed by atoms with Crippen molar-refractivity contribution in [1.82, 2.24) is 5.32 Å². The summed E-state index contributed by atoms with van der Waals surface area (Å²) in [4.78, 5) is 14.2. The van der Waals surface area contributed by atoms with Crippen LogP contribution >= 0.6 is 0 Å². The van der Waals surface area contributed by atoms with E-state index in [9.17, 15) is 4.79 Å². The summed E-state index contributed by atoms with van der Waals surface area (Å²) in [6.45, 7) is 6.91. The number of carbonyl (C=O) groups excluding carboxylic acids is 1. The van der Waals surface area contributed by atoms with E-state index in [4.69, 9.17) is 0 Å². The number of para-hydroxylation sites is 1. The van der Waals surface area contributed by atoms with Gasteiger partial charge in [-0.05, 0) is 38.8 Å². The van der Waals surface area contributed by atoms with E-state index < -0.39 is 0 Å². The summed E-state index contributed by atoms with van der Waals surface area (Å²) in [6.07, 6.45) is 0.990. The molecule has 1 aliphatic rings. The highest BCUT2D eigenvalue weighted by Gasteiger charge is 2.27. The van der Waals surface area contributed by atoms with Gasteiger partial charge in [0.25, 0.3) is 0 Å². The van der Waals surface area contributed by atoms with E-state index in [1.54, 1.807) is 0 Å². The first-order valence-electron chi connectivity index (χ1n) is 6.22. The van der Waals surface area contributed by atoms with E-state index in [-0.39, 0.29) is 11.9 Å². The molecule has 0 saturated carbocycles. The fourth-order valence-corrected chi connectivity index (χ4v) is 2.35. The van der Waals surface area contributed by atoms with Gasteiger partial charge >= 0.3 is 0 Å². The second kappa shape index (κ2) is 4.88. The number of nitrogens with one attached hydrogen (secondary N) is 1. The molecule has 0 radical (unpaired) electrons. The lowest BCUT2D eigenvalue weighted by Gasteiger charge is -2.24. The van der Waals surface area contributed by atoms with Crippen LogP contribution in [-0.2, 0) is 4.79 Å². The molecule has 1 N–H and O–H groups in total. The van der Waals surface area contributed by atoms with Crippen molar-refractivity contribution in [3.05, 3.63) is 29.8 Å². The Balaban J connectivity index is 2.31. The predicted octanol–water partition coefficient (Wildman–Crippen LogP) is 2.10. The first-order chi connectivity index (χ1) is 8.09. The molecule has 1 saturated heterocycles. The van der Waals surface area contributed by atoms with Crippen molar-refractivity contribution in [2.75, 3.05) is 11.4 Å². The van der Waals surface area contributed by atoms with E-state index in [1.165, 1.54) is 0 Å². The molecule has 2 unspecified atom stereocenters. The summed E-state index contributed by atoms with van der Waals surface area (Å²) in [5.74, 6) is 0.170. The van der Waals surface area contributed by atoms with Crippen LogP contribution in [0.3, 0.4) is 0 Å². The van der Waals surface area contributed by atoms with E-state index in [2.05, 4.69) is 25.2 Å². The second-order valence-electron chi connectivity index (χ2n) is 4.85. The Hall–Kier alpha value is -1.35. The Morgan fingerprint density at radius 3 is 2.71 bits per heavy atom. The van der Waals surface area contributed by atoms with Gasteiger partial charge in [0.15, 0.2) is 0 Å². The van der Waals surface area contributed by atoms with Gasteiger partial charge in [0.2, 0.25) is 5.91 Å². The van der Waals surface area contributed by atoms with Crippen LogP contribution in [0.4, 0.5) is 5.69 Å². The molecule has 1 aliphatic heterocycles. The van der Waals surface area contributed by atoms with Gasteiger partial charge < -0.3 is 10.2 Å². The molecule has 0 aromatic heterocycles. The number of nitrogens with zero attached hydrogens (tertiary/aromatic N) is 1. The van der Waals surface area contributed by atoms with Gasteiger partial charge in [-0.25, -0.2) is 0 Å². The number of carbonyl (C=O) groups is 1. The molecule has 3 nitrogen and oxygen atoms in total. The van der Waals surface area contributed by atoms with Gasteiger partial charge in [0.05, 0.1) is 6.04 Å². The molecule has 3 heteroatoms. The van der Waals surface area contributed by atoms with Crippen LogP contribution < -0.4 is 10.2 Å². The largest absolute Gasteiger partial charge is 0.311 e. The van der Waals surface area contributed by atoms with Gasteiger partial charge in [0, 0.05) is 18.3 Å². The molecule has 92 valence electrons. The molecule has 1 amide bonds. The Kier molecular flexibility index (Phi) is 3.48. The summed E-state index contributed by atoms with van der Waals surface area (Å²) in [7, 11) is 0. The molecule has 2 rings (SSSR count). The fraction of sp³-hybridized carbons (Fsp3) is 0.500. The third kappa shape index (κ3) is 2.50. The number of hydrogen-bond acceptors (Lipinski definition) is 2. The second-order valence-corrected chi connectivity index (χ2v) is 4.85. The predicted molar refractivity (Wildman–Crippen MR) is 70.2 cm³/mol. The van der Waals surface area contributed by atoms with Crippen molar-refractivity contribution in [1.29, 1.82) is 0 Å². The van der Waals surface area contributed by atoms with Gasteiger partial charge in [-0.15, -0.1) is 0 Å². The monoisotopic (exact) mass is 232 g/mol. The van der Waals surface area contributed by atoms with Crippen LogP contribution in [0, 0.1) is 6.92 Å². The van der Waals surface area contributed by atoms with Crippen molar-refractivity contribution >= 4 is 11.6 Å². The maximum absolute atomic E-state index is 12.3. The highest BCUT2D eigenvalue weighted by atomic mass is 16.2. The molecule has 1 heterocycles. The summed E-state index contributed by atoms with van der Waals surface area (Å²) in [5, 5.41) is 3.32. The van der Waals surface area contributed by atoms with Crippen LogP contribution in [0.1, 0.15) is 25.8 Å². The first-order valence-corrected chi connectivity index (χ1v) is 6.22. The number of anilines is 1. The number of amides is 1. The average molecular weight is 232 g/mol. The topological polar surface area (TPSA) is 32.3 Å². The van der Waals surface area contributed by atoms with Crippen LogP contribution in [0.15, 0.2) is 24.3 Å². The standard InChI is InChI=1S/C14H20N2O/c1-10-6-4-5-7-13(10)16-9-8-11(2)15-12(3)14(16)17/h4-7,11-12,15H,8-9H2,1-3H3. The highest BCUT2D eigenvalue weighted by molar-refractivity contribution is 5.97. The van der Waals surface area contributed by atoms with Crippen molar-refractivity contribution in [2.45, 2.75) is 39.3 Å². The Morgan fingerprint density at radius 2 is 2.00 bits per heavy atom. The zero-order chi connectivity index (χ0) is 12.4. The zero-order valence-electron chi connectivity index (χ0n) is 10.7. The Bertz CT molecular complexity index is 416. The highest BCUT2D eigenvalue weighted by Crippen LogP contribution is 2.22. The van der Waals surface area contributed by atoms with Crippen molar-refractivity contribution in [3.8, 4) is 0 Å². The third-order valence-corrected chi connectivity index (χ3v) is 3.36. The summed E-state index contributed by atoms with van der Waals surface area (Å²) in [6, 6.07) is 8.35. The molecule has 0 spiro atoms. The molecule has 17 heavy (non-hydrogen) atoms. The Labute approximate surface area is 103 Å². The molecule has 1 aromatic rings. The van der Waals surface area contributed by atoms with Gasteiger partial charge in [-0.2, -0.15) is 0 Å². The van der Waals surface area contributed by atoms with Crippen LogP contribution in [0.25, 0.3) is 0 Å². The molecule has 2 atom stereocenters. The maximum Gasteiger partial charge on any atom is 0.243 e. The van der Waals surface area contributed by atoms with Crippen LogP contribution in [0.2, 0.25) is 0 Å². The lowest BCUT2D eigenvalue weighted by molar-refractivity contribution is -0.119. The number of aryl methyl sites for hydroxylation is 1. The molecule has 1 fully saturated rings. The summed E-state index contributed by atoms with van der Waals surface area (Å²) >= 11 is 0. The fourth-order valence-electron chi connectivity index (χ4n) is 2.35. The quantitative estimate of drug-likeness (QED) is 0.804. The minimum absolute atomic E-state index is 0.105. The summed E-state index contributed by atoms with van der Waals surface area (Å²) in [5.41, 5.74) is 2.20. The van der Waals surface area contributed by atoms with E-state index in [0.717, 1.165) is 24.2 Å². The minimum atomic E-state index is -0.105. The molecule has 0 aliphatic carbocycles. The molecule has 1 aromatic carbocycles.